The zero-order valence-electron chi connectivity index (χ0n) is 10.2. The summed E-state index contributed by atoms with van der Waals surface area (Å²) >= 11 is 5.84. The van der Waals surface area contributed by atoms with Gasteiger partial charge in [-0.05, 0) is 18.9 Å². The lowest BCUT2D eigenvalue weighted by molar-refractivity contribution is -0.137. The molecular weight excluding hydrogens is 279 g/mol. The minimum absolute atomic E-state index is 0.00971. The summed E-state index contributed by atoms with van der Waals surface area (Å²) in [4.78, 5) is 3.75. The minimum atomic E-state index is -4.43. The second-order valence-corrected chi connectivity index (χ2v) is 5.16. The molecule has 0 radical (unpaired) electrons. The second kappa shape index (κ2) is 5.54. The number of nitrogens with zero attached hydrogens (tertiary/aromatic N) is 1. The summed E-state index contributed by atoms with van der Waals surface area (Å²) in [5.41, 5.74) is 5.11. The Hall–Kier alpha value is -1.01. The van der Waals surface area contributed by atoms with Gasteiger partial charge in [-0.2, -0.15) is 13.2 Å². The number of pyridine rings is 1. The number of nitrogens with one attached hydrogen (secondary N) is 1. The molecule has 0 amide bonds. The fourth-order valence-electron chi connectivity index (χ4n) is 2.21. The largest absolute Gasteiger partial charge is 0.417 e. The molecule has 2 rings (SSSR count). The van der Waals surface area contributed by atoms with E-state index < -0.39 is 11.7 Å². The Morgan fingerprint density at radius 1 is 1.32 bits per heavy atom. The van der Waals surface area contributed by atoms with E-state index in [1.54, 1.807) is 0 Å². The molecule has 19 heavy (non-hydrogen) atoms. The van der Waals surface area contributed by atoms with Crippen molar-refractivity contribution in [2.75, 3.05) is 5.32 Å². The average molecular weight is 294 g/mol. The maximum absolute atomic E-state index is 12.5. The molecule has 106 valence electrons. The Kier molecular flexibility index (Phi) is 4.20. The first-order chi connectivity index (χ1) is 8.88. The van der Waals surface area contributed by atoms with Crippen LogP contribution in [0.2, 0.25) is 5.02 Å². The highest BCUT2D eigenvalue weighted by Gasteiger charge is 2.32. The number of anilines is 1. The van der Waals surface area contributed by atoms with Crippen molar-refractivity contribution in [3.05, 3.63) is 22.8 Å². The molecule has 0 spiro atoms. The van der Waals surface area contributed by atoms with Crippen molar-refractivity contribution in [2.45, 2.75) is 43.9 Å². The zero-order chi connectivity index (χ0) is 14.0. The molecule has 1 aromatic heterocycles. The summed E-state index contributed by atoms with van der Waals surface area (Å²) in [7, 11) is 0. The van der Waals surface area contributed by atoms with E-state index in [1.165, 1.54) is 0 Å². The van der Waals surface area contributed by atoms with Crippen LogP contribution in [0.4, 0.5) is 19.0 Å². The van der Waals surface area contributed by atoms with Crippen LogP contribution in [0.1, 0.15) is 31.2 Å². The average Bonchev–Trinajstić information content (AvgIpc) is 2.33. The summed E-state index contributed by atoms with van der Waals surface area (Å²) in [6.07, 6.45) is 0.242. The highest BCUT2D eigenvalue weighted by Crippen LogP contribution is 2.33. The molecule has 0 saturated heterocycles. The molecular formula is C12H15ClF3N3. The summed E-state index contributed by atoms with van der Waals surface area (Å²) in [5.74, 6) is 0.261. The fourth-order valence-corrected chi connectivity index (χ4v) is 2.43. The van der Waals surface area contributed by atoms with E-state index in [9.17, 15) is 13.2 Å². The van der Waals surface area contributed by atoms with Gasteiger partial charge >= 0.3 is 6.18 Å². The van der Waals surface area contributed by atoms with Crippen LogP contribution in [-0.4, -0.2) is 17.1 Å². The second-order valence-electron chi connectivity index (χ2n) is 4.75. The number of aromatic nitrogens is 1. The zero-order valence-corrected chi connectivity index (χ0v) is 10.9. The number of hydrogen-bond acceptors (Lipinski definition) is 3. The van der Waals surface area contributed by atoms with Gasteiger partial charge in [0.1, 0.15) is 5.82 Å². The number of alkyl halides is 3. The molecule has 3 N–H and O–H groups in total. The molecule has 7 heteroatoms. The van der Waals surface area contributed by atoms with Gasteiger partial charge in [0.25, 0.3) is 0 Å². The van der Waals surface area contributed by atoms with Gasteiger partial charge in [0.05, 0.1) is 10.6 Å². The first kappa shape index (κ1) is 14.4. The number of halogens is 4. The summed E-state index contributed by atoms with van der Waals surface area (Å²) in [5, 5.41) is 3.01. The van der Waals surface area contributed by atoms with E-state index in [2.05, 4.69) is 10.3 Å². The standard InChI is InChI=1S/C12H15ClF3N3/c13-8-5-7(12(14,15)16)6-18-11(8)19-10-4-2-1-3-9(10)17/h5-6,9-10H,1-4,17H2,(H,18,19). The lowest BCUT2D eigenvalue weighted by Crippen LogP contribution is -2.42. The molecule has 2 unspecified atom stereocenters. The molecule has 0 aliphatic heterocycles. The van der Waals surface area contributed by atoms with Crippen LogP contribution in [0.5, 0.6) is 0 Å². The normalized spacial score (nSPS) is 24.3. The van der Waals surface area contributed by atoms with Crippen molar-refractivity contribution < 1.29 is 13.2 Å². The Morgan fingerprint density at radius 3 is 2.58 bits per heavy atom. The maximum atomic E-state index is 12.5. The Bertz CT molecular complexity index is 450. The predicted octanol–water partition coefficient (Wildman–Crippen LogP) is 3.44. The highest BCUT2D eigenvalue weighted by molar-refractivity contribution is 6.33. The number of nitrogens with two attached hydrogens (primary N) is 1. The van der Waals surface area contributed by atoms with Crippen LogP contribution in [0.3, 0.4) is 0 Å². The van der Waals surface area contributed by atoms with E-state index >= 15 is 0 Å². The van der Waals surface area contributed by atoms with Crippen molar-refractivity contribution in [3.63, 3.8) is 0 Å². The fraction of sp³-hybridized carbons (Fsp3) is 0.583. The van der Waals surface area contributed by atoms with E-state index in [-0.39, 0.29) is 22.9 Å². The Morgan fingerprint density at radius 2 is 2.00 bits per heavy atom. The monoisotopic (exact) mass is 293 g/mol. The van der Waals surface area contributed by atoms with Gasteiger partial charge in [0.15, 0.2) is 0 Å². The van der Waals surface area contributed by atoms with Crippen molar-refractivity contribution in [3.8, 4) is 0 Å². The van der Waals surface area contributed by atoms with Crippen molar-refractivity contribution in [2.24, 2.45) is 5.73 Å². The summed E-state index contributed by atoms with van der Waals surface area (Å²) in [6.45, 7) is 0. The van der Waals surface area contributed by atoms with Crippen LogP contribution < -0.4 is 11.1 Å². The van der Waals surface area contributed by atoms with Gasteiger partial charge in [-0.3, -0.25) is 0 Å². The molecule has 1 fully saturated rings. The predicted molar refractivity (Wildman–Crippen MR) is 68.1 cm³/mol. The summed E-state index contributed by atoms with van der Waals surface area (Å²) in [6, 6.07) is 0.870. The van der Waals surface area contributed by atoms with Crippen LogP contribution in [-0.2, 0) is 6.18 Å². The lowest BCUT2D eigenvalue weighted by atomic mass is 9.91. The first-order valence-electron chi connectivity index (χ1n) is 6.13. The third kappa shape index (κ3) is 3.51. The van der Waals surface area contributed by atoms with Gasteiger partial charge in [-0.25, -0.2) is 4.98 Å². The third-order valence-corrected chi connectivity index (χ3v) is 3.60. The van der Waals surface area contributed by atoms with Gasteiger partial charge in [-0.1, -0.05) is 24.4 Å². The molecule has 1 saturated carbocycles. The molecule has 0 aromatic carbocycles. The van der Waals surface area contributed by atoms with Gasteiger partial charge in [-0.15, -0.1) is 0 Å². The quantitative estimate of drug-likeness (QED) is 0.878. The highest BCUT2D eigenvalue weighted by atomic mass is 35.5. The van der Waals surface area contributed by atoms with E-state index in [0.29, 0.717) is 0 Å². The molecule has 1 heterocycles. The summed E-state index contributed by atoms with van der Waals surface area (Å²) < 4.78 is 37.4. The van der Waals surface area contributed by atoms with Gasteiger partial charge < -0.3 is 11.1 Å². The topological polar surface area (TPSA) is 50.9 Å². The number of hydrogen-bond donors (Lipinski definition) is 2. The van der Waals surface area contributed by atoms with Crippen molar-refractivity contribution >= 4 is 17.4 Å². The molecule has 1 aliphatic rings. The maximum Gasteiger partial charge on any atom is 0.417 e. The van der Waals surface area contributed by atoms with Crippen LogP contribution in [0.15, 0.2) is 12.3 Å². The molecule has 2 atom stereocenters. The van der Waals surface area contributed by atoms with Crippen LogP contribution in [0, 0.1) is 0 Å². The Labute approximate surface area is 114 Å². The lowest BCUT2D eigenvalue weighted by Gasteiger charge is -2.30. The van der Waals surface area contributed by atoms with Gasteiger partial charge in [0.2, 0.25) is 0 Å². The molecule has 1 aromatic rings. The Balaban J connectivity index is 2.13. The van der Waals surface area contributed by atoms with Crippen LogP contribution in [0.25, 0.3) is 0 Å². The van der Waals surface area contributed by atoms with Gasteiger partial charge in [0, 0.05) is 18.3 Å². The first-order valence-corrected chi connectivity index (χ1v) is 6.50. The SMILES string of the molecule is NC1CCCCC1Nc1ncc(C(F)(F)F)cc1Cl. The third-order valence-electron chi connectivity index (χ3n) is 3.31. The van der Waals surface area contributed by atoms with E-state index in [0.717, 1.165) is 37.9 Å². The smallest absolute Gasteiger partial charge is 0.365 e. The number of rotatable bonds is 2. The molecule has 1 aliphatic carbocycles. The molecule has 0 bridgehead atoms. The van der Waals surface area contributed by atoms with Crippen molar-refractivity contribution in [1.29, 1.82) is 0 Å². The molecule has 3 nitrogen and oxygen atoms in total. The minimum Gasteiger partial charge on any atom is -0.365 e. The van der Waals surface area contributed by atoms with Crippen LogP contribution >= 0.6 is 11.6 Å². The van der Waals surface area contributed by atoms with E-state index in [4.69, 9.17) is 17.3 Å². The van der Waals surface area contributed by atoms with E-state index in [1.807, 2.05) is 0 Å². The van der Waals surface area contributed by atoms with Crippen molar-refractivity contribution in [1.82, 2.24) is 4.98 Å².